The first-order valence-corrected chi connectivity index (χ1v) is 8.40. The first-order valence-electron chi connectivity index (χ1n) is 8.40. The van der Waals surface area contributed by atoms with Crippen LogP contribution in [0.5, 0.6) is 0 Å². The van der Waals surface area contributed by atoms with Crippen molar-refractivity contribution in [2.45, 2.75) is 31.2 Å². The van der Waals surface area contributed by atoms with Gasteiger partial charge in [0.2, 0.25) is 0 Å². The maximum absolute atomic E-state index is 12.1. The summed E-state index contributed by atoms with van der Waals surface area (Å²) >= 11 is 0. The van der Waals surface area contributed by atoms with Crippen LogP contribution < -0.4 is 0 Å². The van der Waals surface area contributed by atoms with Crippen LogP contribution in [-0.4, -0.2) is 91.6 Å². The van der Waals surface area contributed by atoms with Gasteiger partial charge in [-0.3, -0.25) is 4.90 Å². The van der Waals surface area contributed by atoms with Crippen LogP contribution in [0, 0.1) is 5.92 Å². The summed E-state index contributed by atoms with van der Waals surface area (Å²) in [5.41, 5.74) is 0.318. The number of hydrogen-bond acceptors (Lipinski definition) is 3. The predicted molar refractivity (Wildman–Crippen MR) is 84.4 cm³/mol. The third-order valence-corrected chi connectivity index (χ3v) is 5.51. The average Bonchev–Trinajstić information content (AvgIpc) is 3.26. The summed E-state index contributed by atoms with van der Waals surface area (Å²) < 4.78 is 0. The number of piperidine rings is 1. The minimum absolute atomic E-state index is 0.169. The van der Waals surface area contributed by atoms with Gasteiger partial charge in [-0.15, -0.1) is 0 Å². The van der Waals surface area contributed by atoms with Crippen molar-refractivity contribution in [2.24, 2.45) is 5.92 Å². The fourth-order valence-corrected chi connectivity index (χ4v) is 3.98. The molecule has 1 spiro atoms. The van der Waals surface area contributed by atoms with E-state index in [1.54, 1.807) is 4.90 Å². The van der Waals surface area contributed by atoms with E-state index in [2.05, 4.69) is 16.8 Å². The van der Waals surface area contributed by atoms with Gasteiger partial charge in [-0.2, -0.15) is 0 Å². The van der Waals surface area contributed by atoms with Gasteiger partial charge in [0, 0.05) is 58.9 Å². The molecular formula is C16H30N4O. The van der Waals surface area contributed by atoms with Crippen molar-refractivity contribution >= 4 is 6.03 Å². The first kappa shape index (κ1) is 15.1. The minimum atomic E-state index is 0.169. The van der Waals surface area contributed by atoms with Crippen LogP contribution in [0.3, 0.4) is 0 Å². The van der Waals surface area contributed by atoms with Gasteiger partial charge in [0.1, 0.15) is 0 Å². The Bertz CT molecular complexity index is 386. The highest BCUT2D eigenvalue weighted by Crippen LogP contribution is 2.37. The van der Waals surface area contributed by atoms with Crippen LogP contribution in [0.25, 0.3) is 0 Å². The SMILES string of the molecule is CN1CCN(CC2CC2)C2(CCN(C(=O)N(C)C)CC2)C1. The number of piperazine rings is 1. The van der Waals surface area contributed by atoms with E-state index in [1.165, 1.54) is 39.0 Å². The van der Waals surface area contributed by atoms with Gasteiger partial charge in [0.15, 0.2) is 0 Å². The second kappa shape index (κ2) is 5.76. The van der Waals surface area contributed by atoms with Crippen LogP contribution in [0.1, 0.15) is 25.7 Å². The Morgan fingerprint density at radius 3 is 2.38 bits per heavy atom. The van der Waals surface area contributed by atoms with E-state index in [9.17, 15) is 4.79 Å². The number of carbonyl (C=O) groups is 1. The third kappa shape index (κ3) is 3.19. The van der Waals surface area contributed by atoms with Gasteiger partial charge in [0.25, 0.3) is 0 Å². The van der Waals surface area contributed by atoms with E-state index >= 15 is 0 Å². The molecule has 0 N–H and O–H groups in total. The van der Waals surface area contributed by atoms with Crippen molar-refractivity contribution in [3.05, 3.63) is 0 Å². The molecule has 0 unspecified atom stereocenters. The Morgan fingerprint density at radius 2 is 1.81 bits per heavy atom. The van der Waals surface area contributed by atoms with Crippen LogP contribution in [0.4, 0.5) is 4.79 Å². The molecule has 2 amide bonds. The van der Waals surface area contributed by atoms with Gasteiger partial charge in [0.05, 0.1) is 0 Å². The molecule has 5 heteroatoms. The summed E-state index contributed by atoms with van der Waals surface area (Å²) in [6.07, 6.45) is 5.11. The molecule has 21 heavy (non-hydrogen) atoms. The number of hydrogen-bond donors (Lipinski definition) is 0. The van der Waals surface area contributed by atoms with Crippen LogP contribution in [0.2, 0.25) is 0 Å². The van der Waals surface area contributed by atoms with Gasteiger partial charge in [-0.05, 0) is 38.6 Å². The Labute approximate surface area is 128 Å². The largest absolute Gasteiger partial charge is 0.331 e. The van der Waals surface area contributed by atoms with Crippen molar-refractivity contribution in [3.8, 4) is 0 Å². The van der Waals surface area contributed by atoms with E-state index < -0.39 is 0 Å². The van der Waals surface area contributed by atoms with E-state index in [4.69, 9.17) is 0 Å². The predicted octanol–water partition coefficient (Wildman–Crippen LogP) is 1.16. The standard InChI is InChI=1S/C16H30N4O/c1-17(2)15(21)19-8-6-16(7-9-19)13-18(3)10-11-20(16)12-14-4-5-14/h14H,4-13H2,1-3H3. The van der Waals surface area contributed by atoms with E-state index in [-0.39, 0.29) is 6.03 Å². The molecule has 3 aliphatic rings. The molecule has 2 aliphatic heterocycles. The minimum Gasteiger partial charge on any atom is -0.331 e. The highest BCUT2D eigenvalue weighted by atomic mass is 16.2. The quantitative estimate of drug-likeness (QED) is 0.765. The molecule has 0 atom stereocenters. The number of rotatable bonds is 2. The Hall–Kier alpha value is -0.810. The second-order valence-electron chi connectivity index (χ2n) is 7.52. The monoisotopic (exact) mass is 294 g/mol. The molecule has 0 radical (unpaired) electrons. The Balaban J connectivity index is 1.65. The zero-order valence-corrected chi connectivity index (χ0v) is 13.8. The summed E-state index contributed by atoms with van der Waals surface area (Å²) in [7, 11) is 5.94. The zero-order chi connectivity index (χ0) is 15.0. The number of amides is 2. The lowest BCUT2D eigenvalue weighted by Gasteiger charge is -2.54. The molecule has 0 aromatic carbocycles. The van der Waals surface area contributed by atoms with Crippen molar-refractivity contribution in [1.82, 2.24) is 19.6 Å². The zero-order valence-electron chi connectivity index (χ0n) is 13.8. The van der Waals surface area contributed by atoms with Crippen molar-refractivity contribution < 1.29 is 4.79 Å². The number of carbonyl (C=O) groups excluding carboxylic acids is 1. The van der Waals surface area contributed by atoms with Crippen molar-refractivity contribution in [3.63, 3.8) is 0 Å². The van der Waals surface area contributed by atoms with Gasteiger partial charge < -0.3 is 14.7 Å². The molecule has 2 heterocycles. The topological polar surface area (TPSA) is 30.0 Å². The van der Waals surface area contributed by atoms with Crippen molar-refractivity contribution in [2.75, 3.05) is 60.4 Å². The smallest absolute Gasteiger partial charge is 0.319 e. The molecule has 120 valence electrons. The normalized spacial score (nSPS) is 27.1. The first-order chi connectivity index (χ1) is 10.00. The van der Waals surface area contributed by atoms with Gasteiger partial charge in [-0.25, -0.2) is 4.79 Å². The van der Waals surface area contributed by atoms with E-state index in [1.807, 2.05) is 19.0 Å². The van der Waals surface area contributed by atoms with E-state index in [0.29, 0.717) is 5.54 Å². The number of urea groups is 1. The summed E-state index contributed by atoms with van der Waals surface area (Å²) in [5, 5.41) is 0. The molecule has 0 bridgehead atoms. The Morgan fingerprint density at radius 1 is 1.14 bits per heavy atom. The number of nitrogens with zero attached hydrogens (tertiary/aromatic N) is 4. The maximum Gasteiger partial charge on any atom is 0.319 e. The van der Waals surface area contributed by atoms with Gasteiger partial charge >= 0.3 is 6.03 Å². The lowest BCUT2D eigenvalue weighted by atomic mass is 9.83. The Kier molecular flexibility index (Phi) is 4.14. The highest BCUT2D eigenvalue weighted by Gasteiger charge is 2.45. The third-order valence-electron chi connectivity index (χ3n) is 5.51. The number of likely N-dealkylation sites (N-methyl/N-ethyl adjacent to an activating group) is 1. The number of likely N-dealkylation sites (tertiary alicyclic amines) is 1. The van der Waals surface area contributed by atoms with Gasteiger partial charge in [-0.1, -0.05) is 0 Å². The van der Waals surface area contributed by atoms with Crippen LogP contribution >= 0.6 is 0 Å². The molecule has 1 saturated carbocycles. The molecule has 3 rings (SSSR count). The maximum atomic E-state index is 12.1. The summed E-state index contributed by atoms with van der Waals surface area (Å²) in [6, 6.07) is 0.169. The highest BCUT2D eigenvalue weighted by molar-refractivity contribution is 5.73. The lowest BCUT2D eigenvalue weighted by molar-refractivity contribution is -0.0324. The summed E-state index contributed by atoms with van der Waals surface area (Å²) in [5.74, 6) is 0.951. The molecular weight excluding hydrogens is 264 g/mol. The molecule has 1 aliphatic carbocycles. The van der Waals surface area contributed by atoms with Crippen LogP contribution in [0.15, 0.2) is 0 Å². The molecule has 2 saturated heterocycles. The summed E-state index contributed by atoms with van der Waals surface area (Å²) in [4.78, 5) is 21.1. The molecule has 5 nitrogen and oxygen atoms in total. The summed E-state index contributed by atoms with van der Waals surface area (Å²) in [6.45, 7) is 6.67. The molecule has 0 aromatic heterocycles. The second-order valence-corrected chi connectivity index (χ2v) is 7.52. The van der Waals surface area contributed by atoms with Crippen LogP contribution in [-0.2, 0) is 0 Å². The fourth-order valence-electron chi connectivity index (χ4n) is 3.98. The average molecular weight is 294 g/mol. The lowest BCUT2D eigenvalue weighted by Crippen LogP contribution is -2.65. The van der Waals surface area contributed by atoms with Crippen molar-refractivity contribution in [1.29, 1.82) is 0 Å². The molecule has 0 aromatic rings. The fraction of sp³-hybridized carbons (Fsp3) is 0.938. The van der Waals surface area contributed by atoms with E-state index in [0.717, 1.165) is 31.8 Å². The molecule has 3 fully saturated rings.